The highest BCUT2D eigenvalue weighted by Crippen LogP contribution is 2.26. The van der Waals surface area contributed by atoms with Crippen LogP contribution in [0.3, 0.4) is 0 Å². The van der Waals surface area contributed by atoms with Gasteiger partial charge in [0.2, 0.25) is 5.95 Å². The van der Waals surface area contributed by atoms with E-state index in [-0.39, 0.29) is 0 Å². The van der Waals surface area contributed by atoms with Gasteiger partial charge in [0, 0.05) is 13.6 Å². The molecule has 0 amide bonds. The van der Waals surface area contributed by atoms with Gasteiger partial charge in [-0.2, -0.15) is 0 Å². The van der Waals surface area contributed by atoms with Crippen LogP contribution in [0.2, 0.25) is 0 Å². The molecule has 0 aliphatic carbocycles. The first-order chi connectivity index (χ1) is 16.8. The molecule has 1 N–H and O–H groups in total. The van der Waals surface area contributed by atoms with Gasteiger partial charge in [-0.3, -0.25) is 0 Å². The molecule has 0 aliphatic heterocycles. The molecule has 0 saturated carbocycles. The van der Waals surface area contributed by atoms with Gasteiger partial charge in [-0.1, -0.05) is 97.1 Å². The molecule has 5 aromatic rings. The summed E-state index contributed by atoms with van der Waals surface area (Å²) in [6, 6.07) is 37.4. The van der Waals surface area contributed by atoms with Crippen LogP contribution in [0.5, 0.6) is 5.75 Å². The summed E-state index contributed by atoms with van der Waals surface area (Å²) in [7, 11) is 2.04. The number of nitrogens with one attached hydrogen (secondary N) is 1. The Kier molecular flexibility index (Phi) is 6.39. The minimum absolute atomic E-state index is 0.559. The van der Waals surface area contributed by atoms with E-state index in [2.05, 4.69) is 87.7 Å². The zero-order chi connectivity index (χ0) is 23.2. The molecular weight excluding hydrogens is 418 g/mol. The van der Waals surface area contributed by atoms with Crippen LogP contribution in [-0.4, -0.2) is 9.55 Å². The molecule has 4 nitrogen and oxygen atoms in total. The molecule has 1 aromatic heterocycles. The van der Waals surface area contributed by atoms with Crippen molar-refractivity contribution in [1.29, 1.82) is 0 Å². The zero-order valence-electron chi connectivity index (χ0n) is 19.2. The maximum absolute atomic E-state index is 5.96. The number of nitrogens with zero attached hydrogens (tertiary/aromatic N) is 2. The Morgan fingerprint density at radius 2 is 1.35 bits per heavy atom. The zero-order valence-corrected chi connectivity index (χ0v) is 19.2. The molecule has 0 radical (unpaired) electrons. The van der Waals surface area contributed by atoms with Crippen molar-refractivity contribution in [3.05, 3.63) is 127 Å². The van der Waals surface area contributed by atoms with Crippen LogP contribution in [0, 0.1) is 0 Å². The van der Waals surface area contributed by atoms with E-state index in [1.165, 1.54) is 11.1 Å². The number of imidazole rings is 1. The van der Waals surface area contributed by atoms with E-state index < -0.39 is 0 Å². The highest BCUT2D eigenvalue weighted by molar-refractivity contribution is 5.69. The SMILES string of the molecule is Cn1c(-c2ccc(-c3ccccc3)cc2)cnc1NCc1cccc(OCc2ccccc2)c1. The van der Waals surface area contributed by atoms with E-state index in [1.54, 1.807) is 0 Å². The second kappa shape index (κ2) is 10.1. The summed E-state index contributed by atoms with van der Waals surface area (Å²) in [5, 5.41) is 3.45. The summed E-state index contributed by atoms with van der Waals surface area (Å²) in [6.07, 6.45) is 1.92. The number of ether oxygens (including phenoxy) is 1. The standard InChI is InChI=1S/C30H27N3O/c1-33-29(27-17-15-26(16-18-27)25-12-6-3-7-13-25)21-32-30(33)31-20-24-11-8-14-28(19-24)34-22-23-9-4-2-5-10-23/h2-19,21H,20,22H2,1H3,(H,31,32). The summed E-state index contributed by atoms with van der Waals surface area (Å²) < 4.78 is 8.05. The van der Waals surface area contributed by atoms with Crippen molar-refractivity contribution >= 4 is 5.95 Å². The lowest BCUT2D eigenvalue weighted by Gasteiger charge is -2.11. The average Bonchev–Trinajstić information content (AvgIpc) is 3.28. The van der Waals surface area contributed by atoms with Gasteiger partial charge in [0.15, 0.2) is 0 Å². The number of benzene rings is 4. The summed E-state index contributed by atoms with van der Waals surface area (Å²) in [5.41, 5.74) is 6.93. The monoisotopic (exact) mass is 445 g/mol. The van der Waals surface area contributed by atoms with Crippen molar-refractivity contribution < 1.29 is 4.74 Å². The number of anilines is 1. The van der Waals surface area contributed by atoms with Gasteiger partial charge in [0.1, 0.15) is 12.4 Å². The molecule has 0 atom stereocenters. The fourth-order valence-corrected chi connectivity index (χ4v) is 3.97. The van der Waals surface area contributed by atoms with Gasteiger partial charge in [-0.05, 0) is 39.9 Å². The minimum atomic E-state index is 0.559. The first-order valence-electron chi connectivity index (χ1n) is 11.4. The third-order valence-corrected chi connectivity index (χ3v) is 5.87. The number of hydrogen-bond donors (Lipinski definition) is 1. The van der Waals surface area contributed by atoms with E-state index in [9.17, 15) is 0 Å². The molecule has 0 bridgehead atoms. The lowest BCUT2D eigenvalue weighted by atomic mass is 10.0. The van der Waals surface area contributed by atoms with Crippen LogP contribution in [0.4, 0.5) is 5.95 Å². The van der Waals surface area contributed by atoms with Crippen LogP contribution in [0.25, 0.3) is 22.4 Å². The van der Waals surface area contributed by atoms with Crippen molar-refractivity contribution in [2.24, 2.45) is 7.05 Å². The molecule has 0 fully saturated rings. The lowest BCUT2D eigenvalue weighted by Crippen LogP contribution is -2.06. The summed E-state index contributed by atoms with van der Waals surface area (Å²) in [5.74, 6) is 1.69. The largest absolute Gasteiger partial charge is 0.489 e. The maximum atomic E-state index is 5.96. The van der Waals surface area contributed by atoms with Crippen molar-refractivity contribution in [2.45, 2.75) is 13.2 Å². The van der Waals surface area contributed by atoms with Gasteiger partial charge >= 0.3 is 0 Å². The van der Waals surface area contributed by atoms with Gasteiger partial charge < -0.3 is 14.6 Å². The second-order valence-electron chi connectivity index (χ2n) is 8.24. The summed E-state index contributed by atoms with van der Waals surface area (Å²) in [4.78, 5) is 4.61. The maximum Gasteiger partial charge on any atom is 0.203 e. The molecule has 34 heavy (non-hydrogen) atoms. The average molecular weight is 446 g/mol. The highest BCUT2D eigenvalue weighted by Gasteiger charge is 2.09. The minimum Gasteiger partial charge on any atom is -0.489 e. The Hall–Kier alpha value is -4.31. The van der Waals surface area contributed by atoms with Gasteiger partial charge in [0.25, 0.3) is 0 Å². The van der Waals surface area contributed by atoms with E-state index >= 15 is 0 Å². The first kappa shape index (κ1) is 21.5. The highest BCUT2D eigenvalue weighted by atomic mass is 16.5. The molecule has 5 rings (SSSR count). The van der Waals surface area contributed by atoms with Crippen LogP contribution in [0.1, 0.15) is 11.1 Å². The molecule has 4 heteroatoms. The predicted molar refractivity (Wildman–Crippen MR) is 139 cm³/mol. The quantitative estimate of drug-likeness (QED) is 0.281. The summed E-state index contributed by atoms with van der Waals surface area (Å²) in [6.45, 7) is 1.23. The topological polar surface area (TPSA) is 39.1 Å². The lowest BCUT2D eigenvalue weighted by molar-refractivity contribution is 0.306. The third-order valence-electron chi connectivity index (χ3n) is 5.87. The first-order valence-corrected chi connectivity index (χ1v) is 11.4. The van der Waals surface area contributed by atoms with Crippen LogP contribution in [-0.2, 0) is 20.2 Å². The molecule has 0 aliphatic rings. The van der Waals surface area contributed by atoms with Crippen LogP contribution < -0.4 is 10.1 Å². The summed E-state index contributed by atoms with van der Waals surface area (Å²) >= 11 is 0. The number of aromatic nitrogens is 2. The molecule has 0 unspecified atom stereocenters. The predicted octanol–water partition coefficient (Wildman–Crippen LogP) is 6.95. The fourth-order valence-electron chi connectivity index (χ4n) is 3.97. The Morgan fingerprint density at radius 3 is 2.12 bits per heavy atom. The van der Waals surface area contributed by atoms with E-state index in [1.807, 2.05) is 49.6 Å². The van der Waals surface area contributed by atoms with Crippen molar-refractivity contribution in [1.82, 2.24) is 9.55 Å². The Balaban J connectivity index is 1.23. The third kappa shape index (κ3) is 5.02. The smallest absolute Gasteiger partial charge is 0.203 e. The van der Waals surface area contributed by atoms with E-state index in [4.69, 9.17) is 4.74 Å². The Labute approximate surface area is 200 Å². The van der Waals surface area contributed by atoms with Gasteiger partial charge in [0.05, 0.1) is 11.9 Å². The van der Waals surface area contributed by atoms with Crippen LogP contribution >= 0.6 is 0 Å². The van der Waals surface area contributed by atoms with E-state index in [0.29, 0.717) is 13.2 Å². The van der Waals surface area contributed by atoms with Crippen molar-refractivity contribution in [2.75, 3.05) is 5.32 Å². The van der Waals surface area contributed by atoms with Gasteiger partial charge in [-0.15, -0.1) is 0 Å². The normalized spacial score (nSPS) is 10.7. The number of hydrogen-bond acceptors (Lipinski definition) is 3. The van der Waals surface area contributed by atoms with Gasteiger partial charge in [-0.25, -0.2) is 4.98 Å². The van der Waals surface area contributed by atoms with Crippen molar-refractivity contribution in [3.8, 4) is 28.1 Å². The molecule has 0 saturated heterocycles. The fraction of sp³-hybridized carbons (Fsp3) is 0.100. The van der Waals surface area contributed by atoms with Crippen LogP contribution in [0.15, 0.2) is 115 Å². The number of rotatable bonds is 8. The molecule has 4 aromatic carbocycles. The molecular formula is C30H27N3O. The van der Waals surface area contributed by atoms with E-state index in [0.717, 1.165) is 34.1 Å². The molecule has 1 heterocycles. The Bertz CT molecular complexity index is 1340. The second-order valence-corrected chi connectivity index (χ2v) is 8.24. The molecule has 168 valence electrons. The molecule has 0 spiro atoms. The Morgan fingerprint density at radius 1 is 0.706 bits per heavy atom. The van der Waals surface area contributed by atoms with Crippen molar-refractivity contribution in [3.63, 3.8) is 0 Å².